The van der Waals surface area contributed by atoms with E-state index >= 15 is 0 Å². The fourth-order valence-electron chi connectivity index (χ4n) is 3.23. The third kappa shape index (κ3) is 2.69. The number of nitrogens with zero attached hydrogens (tertiary/aromatic N) is 2. The number of ether oxygens (including phenoxy) is 2. The number of hydrogen-bond acceptors (Lipinski definition) is 5. The van der Waals surface area contributed by atoms with Gasteiger partial charge in [-0.3, -0.25) is 4.79 Å². The smallest absolute Gasteiger partial charge is 0.254 e. The molecule has 3 aromatic rings. The molecule has 1 aliphatic rings. The van der Waals surface area contributed by atoms with Gasteiger partial charge in [-0.15, -0.1) is 0 Å². The average molecular weight is 338 g/mol. The summed E-state index contributed by atoms with van der Waals surface area (Å²) >= 11 is 0. The van der Waals surface area contributed by atoms with Gasteiger partial charge in [-0.05, 0) is 47.9 Å². The van der Waals surface area contributed by atoms with Crippen LogP contribution in [-0.4, -0.2) is 36.6 Å². The topological polar surface area (TPSA) is 64.8 Å². The Balaban J connectivity index is 1.61. The Morgan fingerprint density at radius 1 is 1.12 bits per heavy atom. The lowest BCUT2D eigenvalue weighted by Gasteiger charge is -2.29. The Hall–Kier alpha value is -3.02. The van der Waals surface area contributed by atoms with Crippen molar-refractivity contribution in [2.45, 2.75) is 13.0 Å². The first-order chi connectivity index (χ1) is 12.2. The van der Waals surface area contributed by atoms with Crippen LogP contribution < -0.4 is 9.47 Å². The van der Waals surface area contributed by atoms with Crippen LogP contribution in [0.15, 0.2) is 41.1 Å². The van der Waals surface area contributed by atoms with Gasteiger partial charge in [-0.25, -0.2) is 4.98 Å². The average Bonchev–Trinajstić information content (AvgIpc) is 3.13. The molecule has 1 aromatic heterocycles. The highest BCUT2D eigenvalue weighted by Gasteiger charge is 2.24. The van der Waals surface area contributed by atoms with Gasteiger partial charge in [0.05, 0.1) is 14.2 Å². The van der Waals surface area contributed by atoms with Crippen molar-refractivity contribution in [3.05, 3.63) is 53.4 Å². The summed E-state index contributed by atoms with van der Waals surface area (Å²) in [4.78, 5) is 18.8. The molecule has 0 bridgehead atoms. The Morgan fingerprint density at radius 3 is 2.64 bits per heavy atom. The highest BCUT2D eigenvalue weighted by molar-refractivity contribution is 5.97. The van der Waals surface area contributed by atoms with E-state index in [4.69, 9.17) is 13.9 Å². The van der Waals surface area contributed by atoms with Crippen LogP contribution in [0.25, 0.3) is 11.1 Å². The molecule has 4 rings (SSSR count). The number of amides is 1. The lowest BCUT2D eigenvalue weighted by Crippen LogP contribution is -2.36. The zero-order valence-electron chi connectivity index (χ0n) is 14.1. The second-order valence-electron chi connectivity index (χ2n) is 5.99. The van der Waals surface area contributed by atoms with Crippen LogP contribution in [0.2, 0.25) is 0 Å². The SMILES string of the molecule is COc1cc2c(cc1OC)CN(C(=O)c1ccc3ocnc3c1)CC2. The molecule has 0 atom stereocenters. The monoisotopic (exact) mass is 338 g/mol. The molecule has 0 radical (unpaired) electrons. The standard InChI is InChI=1S/C19H18N2O4/c1-23-17-8-12-5-6-21(10-14(12)9-18(17)24-2)19(22)13-3-4-16-15(7-13)20-11-25-16/h3-4,7-9,11H,5-6,10H2,1-2H3. The molecule has 0 saturated heterocycles. The van der Waals surface area contributed by atoms with Crippen molar-refractivity contribution in [3.8, 4) is 11.5 Å². The summed E-state index contributed by atoms with van der Waals surface area (Å²) in [6, 6.07) is 9.28. The molecule has 1 amide bonds. The number of carbonyl (C=O) groups excluding carboxylic acids is 1. The molecule has 0 spiro atoms. The van der Waals surface area contributed by atoms with E-state index < -0.39 is 0 Å². The number of aromatic nitrogens is 1. The fourth-order valence-corrected chi connectivity index (χ4v) is 3.23. The maximum Gasteiger partial charge on any atom is 0.254 e. The van der Waals surface area contributed by atoms with E-state index in [0.29, 0.717) is 35.5 Å². The summed E-state index contributed by atoms with van der Waals surface area (Å²) in [5, 5.41) is 0. The number of fused-ring (bicyclic) bond motifs is 2. The molecule has 6 nitrogen and oxygen atoms in total. The van der Waals surface area contributed by atoms with Gasteiger partial charge in [-0.1, -0.05) is 0 Å². The maximum atomic E-state index is 12.9. The molecule has 0 unspecified atom stereocenters. The Bertz CT molecular complexity index is 948. The minimum Gasteiger partial charge on any atom is -0.493 e. The van der Waals surface area contributed by atoms with Crippen molar-refractivity contribution in [3.63, 3.8) is 0 Å². The molecule has 0 saturated carbocycles. The summed E-state index contributed by atoms with van der Waals surface area (Å²) in [5.41, 5.74) is 4.26. The molecule has 25 heavy (non-hydrogen) atoms. The van der Waals surface area contributed by atoms with Crippen LogP contribution in [0.5, 0.6) is 11.5 Å². The lowest BCUT2D eigenvalue weighted by atomic mass is 9.98. The highest BCUT2D eigenvalue weighted by atomic mass is 16.5. The summed E-state index contributed by atoms with van der Waals surface area (Å²) in [6.45, 7) is 1.21. The van der Waals surface area contributed by atoms with Gasteiger partial charge < -0.3 is 18.8 Å². The van der Waals surface area contributed by atoms with Gasteiger partial charge in [0.1, 0.15) is 5.52 Å². The van der Waals surface area contributed by atoms with Crippen molar-refractivity contribution in [2.75, 3.05) is 20.8 Å². The second-order valence-corrected chi connectivity index (χ2v) is 5.99. The van der Waals surface area contributed by atoms with Crippen LogP contribution in [0.4, 0.5) is 0 Å². The first-order valence-electron chi connectivity index (χ1n) is 8.06. The lowest BCUT2D eigenvalue weighted by molar-refractivity contribution is 0.0734. The van der Waals surface area contributed by atoms with Gasteiger partial charge >= 0.3 is 0 Å². The molecule has 2 heterocycles. The van der Waals surface area contributed by atoms with Gasteiger partial charge in [-0.2, -0.15) is 0 Å². The first kappa shape index (κ1) is 15.5. The molecule has 2 aromatic carbocycles. The maximum absolute atomic E-state index is 12.9. The molecular weight excluding hydrogens is 320 g/mol. The number of oxazole rings is 1. The van der Waals surface area contributed by atoms with Gasteiger partial charge in [0, 0.05) is 18.7 Å². The van der Waals surface area contributed by atoms with E-state index in [1.54, 1.807) is 32.4 Å². The predicted molar refractivity (Wildman–Crippen MR) is 92.0 cm³/mol. The van der Waals surface area contributed by atoms with Crippen molar-refractivity contribution in [1.29, 1.82) is 0 Å². The number of rotatable bonds is 3. The predicted octanol–water partition coefficient (Wildman–Crippen LogP) is 3.04. The van der Waals surface area contributed by atoms with E-state index in [-0.39, 0.29) is 5.91 Å². The quantitative estimate of drug-likeness (QED) is 0.734. The third-order valence-electron chi connectivity index (χ3n) is 4.58. The fraction of sp³-hybridized carbons (Fsp3) is 0.263. The van der Waals surface area contributed by atoms with Crippen LogP contribution in [0, 0.1) is 0 Å². The first-order valence-corrected chi connectivity index (χ1v) is 8.06. The summed E-state index contributed by atoms with van der Waals surface area (Å²) < 4.78 is 16.0. The van der Waals surface area contributed by atoms with Crippen molar-refractivity contribution >= 4 is 17.0 Å². The molecule has 0 fully saturated rings. The zero-order valence-corrected chi connectivity index (χ0v) is 14.1. The van der Waals surface area contributed by atoms with E-state index in [1.165, 1.54) is 12.0 Å². The molecule has 0 N–H and O–H groups in total. The minimum absolute atomic E-state index is 0.00895. The largest absolute Gasteiger partial charge is 0.493 e. The van der Waals surface area contributed by atoms with E-state index in [2.05, 4.69) is 4.98 Å². The Labute approximate surface area is 145 Å². The Morgan fingerprint density at radius 2 is 1.88 bits per heavy atom. The third-order valence-corrected chi connectivity index (χ3v) is 4.58. The molecule has 128 valence electrons. The number of benzene rings is 2. The number of hydrogen-bond donors (Lipinski definition) is 0. The normalized spacial score (nSPS) is 13.6. The van der Waals surface area contributed by atoms with E-state index in [0.717, 1.165) is 17.7 Å². The summed E-state index contributed by atoms with van der Waals surface area (Å²) in [7, 11) is 3.24. The van der Waals surface area contributed by atoms with Crippen LogP contribution >= 0.6 is 0 Å². The van der Waals surface area contributed by atoms with E-state index in [9.17, 15) is 4.79 Å². The highest BCUT2D eigenvalue weighted by Crippen LogP contribution is 2.33. The van der Waals surface area contributed by atoms with Crippen LogP contribution in [0.3, 0.4) is 0 Å². The Kier molecular flexibility index (Phi) is 3.80. The molecule has 6 heteroatoms. The molecule has 1 aliphatic heterocycles. The number of carbonyl (C=O) groups is 1. The van der Waals surface area contributed by atoms with Crippen molar-refractivity contribution in [2.24, 2.45) is 0 Å². The van der Waals surface area contributed by atoms with Crippen LogP contribution in [0.1, 0.15) is 21.5 Å². The summed E-state index contributed by atoms with van der Waals surface area (Å²) in [5.74, 6) is 1.39. The number of methoxy groups -OCH3 is 2. The molecule has 0 aliphatic carbocycles. The van der Waals surface area contributed by atoms with Gasteiger partial charge in [0.25, 0.3) is 5.91 Å². The zero-order chi connectivity index (χ0) is 17.4. The second kappa shape index (κ2) is 6.12. The summed E-state index contributed by atoms with van der Waals surface area (Å²) in [6.07, 6.45) is 2.17. The van der Waals surface area contributed by atoms with Gasteiger partial charge in [0.2, 0.25) is 0 Å². The minimum atomic E-state index is -0.00895. The van der Waals surface area contributed by atoms with Crippen LogP contribution in [-0.2, 0) is 13.0 Å². The van der Waals surface area contributed by atoms with Crippen molar-refractivity contribution < 1.29 is 18.7 Å². The molecular formula is C19H18N2O4. The van der Waals surface area contributed by atoms with Crippen molar-refractivity contribution in [1.82, 2.24) is 9.88 Å². The van der Waals surface area contributed by atoms with Gasteiger partial charge in [0.15, 0.2) is 23.5 Å². The van der Waals surface area contributed by atoms with E-state index in [1.807, 2.05) is 17.0 Å².